The normalized spacial score (nSPS) is 13.1. The molecule has 2 N–H and O–H groups in total. The minimum atomic E-state index is 0.328. The fourth-order valence-corrected chi connectivity index (χ4v) is 2.52. The molecule has 1 atom stereocenters. The Morgan fingerprint density at radius 3 is 2.87 bits per heavy atom. The van der Waals surface area contributed by atoms with Crippen molar-refractivity contribution in [2.75, 3.05) is 5.75 Å². The Morgan fingerprint density at radius 2 is 2.27 bits per heavy atom. The van der Waals surface area contributed by atoms with Crippen molar-refractivity contribution < 1.29 is 0 Å². The number of aryl methyl sites for hydroxylation is 2. The topological polar surface area (TPSA) is 43.8 Å². The van der Waals surface area contributed by atoms with E-state index in [4.69, 9.17) is 5.73 Å². The van der Waals surface area contributed by atoms with Gasteiger partial charge in [0.1, 0.15) is 0 Å². The lowest BCUT2D eigenvalue weighted by atomic mass is 10.3. The summed E-state index contributed by atoms with van der Waals surface area (Å²) in [7, 11) is 0. The Morgan fingerprint density at radius 1 is 1.53 bits per heavy atom. The van der Waals surface area contributed by atoms with Gasteiger partial charge in [-0.05, 0) is 26.3 Å². The van der Waals surface area contributed by atoms with Crippen LogP contribution >= 0.6 is 11.8 Å². The van der Waals surface area contributed by atoms with Crippen molar-refractivity contribution in [3.05, 3.63) is 17.5 Å². The molecule has 0 aromatic carbocycles. The number of rotatable bonds is 6. The van der Waals surface area contributed by atoms with E-state index < -0.39 is 0 Å². The summed E-state index contributed by atoms with van der Waals surface area (Å²) in [6, 6.07) is 2.49. The van der Waals surface area contributed by atoms with Gasteiger partial charge in [-0.25, -0.2) is 0 Å². The van der Waals surface area contributed by atoms with Gasteiger partial charge >= 0.3 is 0 Å². The molecule has 0 aliphatic carbocycles. The molecule has 15 heavy (non-hydrogen) atoms. The molecule has 4 heteroatoms. The van der Waals surface area contributed by atoms with Crippen LogP contribution in [0.2, 0.25) is 0 Å². The van der Waals surface area contributed by atoms with Gasteiger partial charge in [0.05, 0.1) is 5.69 Å². The maximum Gasteiger partial charge on any atom is 0.0596 e. The molecule has 0 saturated heterocycles. The van der Waals surface area contributed by atoms with E-state index in [-0.39, 0.29) is 0 Å². The molecule has 86 valence electrons. The summed E-state index contributed by atoms with van der Waals surface area (Å²) >= 11 is 1.90. The van der Waals surface area contributed by atoms with Crippen LogP contribution < -0.4 is 5.73 Å². The van der Waals surface area contributed by atoms with Crippen molar-refractivity contribution in [2.24, 2.45) is 5.73 Å². The van der Waals surface area contributed by atoms with Gasteiger partial charge in [0.15, 0.2) is 0 Å². The Kier molecular flexibility index (Phi) is 5.19. The Bertz CT molecular complexity index is 296. The van der Waals surface area contributed by atoms with Crippen molar-refractivity contribution in [1.29, 1.82) is 0 Å². The summed E-state index contributed by atoms with van der Waals surface area (Å²) in [6.07, 6.45) is 1.05. The first-order valence-corrected chi connectivity index (χ1v) is 6.69. The molecule has 1 unspecified atom stereocenters. The van der Waals surface area contributed by atoms with E-state index in [1.165, 1.54) is 5.69 Å². The summed E-state index contributed by atoms with van der Waals surface area (Å²) in [5.74, 6) is 2.05. The van der Waals surface area contributed by atoms with Gasteiger partial charge in [-0.2, -0.15) is 16.9 Å². The maximum absolute atomic E-state index is 5.87. The molecule has 1 rings (SSSR count). The molecule has 0 aliphatic heterocycles. The minimum absolute atomic E-state index is 0.328. The van der Waals surface area contributed by atoms with E-state index in [1.54, 1.807) is 0 Å². The van der Waals surface area contributed by atoms with Crippen molar-refractivity contribution >= 4 is 11.8 Å². The Labute approximate surface area is 96.4 Å². The van der Waals surface area contributed by atoms with Crippen LogP contribution in [-0.4, -0.2) is 21.6 Å². The predicted molar refractivity (Wildman–Crippen MR) is 67.1 cm³/mol. The molecule has 1 aromatic heterocycles. The summed E-state index contributed by atoms with van der Waals surface area (Å²) in [5.41, 5.74) is 8.28. The van der Waals surface area contributed by atoms with Crippen LogP contribution in [0.25, 0.3) is 0 Å². The SMILES string of the molecule is CCC(N)CSCc1cc(C)nn1CC. The third-order valence-corrected chi connectivity index (χ3v) is 3.56. The van der Waals surface area contributed by atoms with Crippen molar-refractivity contribution in [3.8, 4) is 0 Å². The minimum Gasteiger partial charge on any atom is -0.327 e. The van der Waals surface area contributed by atoms with Gasteiger partial charge in [0.25, 0.3) is 0 Å². The Hall–Kier alpha value is -0.480. The largest absolute Gasteiger partial charge is 0.327 e. The molecular weight excluding hydrogens is 206 g/mol. The monoisotopic (exact) mass is 227 g/mol. The van der Waals surface area contributed by atoms with Gasteiger partial charge in [-0.3, -0.25) is 4.68 Å². The second kappa shape index (κ2) is 6.18. The molecular formula is C11H21N3S. The molecule has 0 saturated carbocycles. The highest BCUT2D eigenvalue weighted by Gasteiger charge is 2.05. The first-order valence-electron chi connectivity index (χ1n) is 5.54. The van der Waals surface area contributed by atoms with E-state index in [1.807, 2.05) is 18.7 Å². The zero-order chi connectivity index (χ0) is 11.3. The van der Waals surface area contributed by atoms with Crippen molar-refractivity contribution in [3.63, 3.8) is 0 Å². The smallest absolute Gasteiger partial charge is 0.0596 e. The zero-order valence-corrected chi connectivity index (χ0v) is 10.7. The molecule has 0 aliphatic rings. The standard InChI is InChI=1S/C11H21N3S/c1-4-10(12)7-15-8-11-6-9(3)13-14(11)5-2/h6,10H,4-5,7-8,12H2,1-3H3. The lowest BCUT2D eigenvalue weighted by Crippen LogP contribution is -2.21. The van der Waals surface area contributed by atoms with Gasteiger partial charge in [-0.1, -0.05) is 6.92 Å². The fourth-order valence-electron chi connectivity index (χ4n) is 1.42. The summed E-state index contributed by atoms with van der Waals surface area (Å²) < 4.78 is 2.07. The van der Waals surface area contributed by atoms with Gasteiger partial charge in [0.2, 0.25) is 0 Å². The number of aromatic nitrogens is 2. The highest BCUT2D eigenvalue weighted by molar-refractivity contribution is 7.98. The first-order chi connectivity index (χ1) is 7.17. The average Bonchev–Trinajstić information content (AvgIpc) is 2.58. The van der Waals surface area contributed by atoms with Crippen LogP contribution in [0.4, 0.5) is 0 Å². The third kappa shape index (κ3) is 3.87. The fraction of sp³-hybridized carbons (Fsp3) is 0.727. The summed E-state index contributed by atoms with van der Waals surface area (Å²) in [5, 5.41) is 4.42. The Balaban J connectivity index is 2.42. The third-order valence-electron chi connectivity index (χ3n) is 2.39. The van der Waals surface area contributed by atoms with Crippen LogP contribution in [0.5, 0.6) is 0 Å². The number of hydrogen-bond acceptors (Lipinski definition) is 3. The number of nitrogens with two attached hydrogens (primary N) is 1. The van der Waals surface area contributed by atoms with Gasteiger partial charge in [-0.15, -0.1) is 0 Å². The molecule has 3 nitrogen and oxygen atoms in total. The number of thioether (sulfide) groups is 1. The second-order valence-corrected chi connectivity index (χ2v) is 4.81. The van der Waals surface area contributed by atoms with E-state index >= 15 is 0 Å². The van der Waals surface area contributed by atoms with Crippen molar-refractivity contribution in [2.45, 2.75) is 45.5 Å². The lowest BCUT2D eigenvalue weighted by Gasteiger charge is -2.08. The van der Waals surface area contributed by atoms with Crippen LogP contribution in [0.15, 0.2) is 6.07 Å². The molecule has 0 amide bonds. The first kappa shape index (κ1) is 12.6. The highest BCUT2D eigenvalue weighted by Crippen LogP contribution is 2.14. The summed E-state index contributed by atoms with van der Waals surface area (Å²) in [6.45, 7) is 7.24. The van der Waals surface area contributed by atoms with Gasteiger partial charge < -0.3 is 5.73 Å². The zero-order valence-electron chi connectivity index (χ0n) is 9.86. The van der Waals surface area contributed by atoms with E-state index in [2.05, 4.69) is 29.7 Å². The van der Waals surface area contributed by atoms with E-state index in [0.29, 0.717) is 6.04 Å². The molecule has 1 heterocycles. The quantitative estimate of drug-likeness (QED) is 0.810. The molecule has 0 fully saturated rings. The van der Waals surface area contributed by atoms with E-state index in [9.17, 15) is 0 Å². The van der Waals surface area contributed by atoms with Crippen LogP contribution in [0.1, 0.15) is 31.7 Å². The van der Waals surface area contributed by atoms with Crippen LogP contribution in [0, 0.1) is 6.92 Å². The van der Waals surface area contributed by atoms with Gasteiger partial charge in [0, 0.05) is 29.8 Å². The van der Waals surface area contributed by atoms with Crippen LogP contribution in [-0.2, 0) is 12.3 Å². The molecule has 0 spiro atoms. The maximum atomic E-state index is 5.87. The van der Waals surface area contributed by atoms with E-state index in [0.717, 1.165) is 30.2 Å². The molecule has 0 radical (unpaired) electrons. The van der Waals surface area contributed by atoms with Crippen molar-refractivity contribution in [1.82, 2.24) is 9.78 Å². The number of nitrogens with zero attached hydrogens (tertiary/aromatic N) is 2. The predicted octanol–water partition coefficient (Wildman–Crippen LogP) is 2.18. The molecule has 0 bridgehead atoms. The molecule has 1 aromatic rings. The number of hydrogen-bond donors (Lipinski definition) is 1. The summed E-state index contributed by atoms with van der Waals surface area (Å²) in [4.78, 5) is 0. The lowest BCUT2D eigenvalue weighted by molar-refractivity contribution is 0.631. The average molecular weight is 227 g/mol. The second-order valence-electron chi connectivity index (χ2n) is 3.78. The van der Waals surface area contributed by atoms with Crippen LogP contribution in [0.3, 0.4) is 0 Å². The highest BCUT2D eigenvalue weighted by atomic mass is 32.2.